The Hall–Kier alpha value is -2.34. The second kappa shape index (κ2) is 7.44. The maximum absolute atomic E-state index is 5.27. The zero-order valence-corrected chi connectivity index (χ0v) is 12.7. The predicted molar refractivity (Wildman–Crippen MR) is 86.8 cm³/mol. The molecule has 1 aromatic carbocycles. The molecule has 1 aromatic heterocycles. The Morgan fingerprint density at radius 2 is 1.81 bits per heavy atom. The first-order chi connectivity index (χ1) is 10.2. The Morgan fingerprint density at radius 1 is 1.10 bits per heavy atom. The molecule has 0 bridgehead atoms. The third kappa shape index (κ3) is 4.32. The molecule has 0 saturated heterocycles. The van der Waals surface area contributed by atoms with Crippen molar-refractivity contribution in [2.24, 2.45) is 0 Å². The molecule has 6 heteroatoms. The van der Waals surface area contributed by atoms with Crippen LogP contribution < -0.4 is 20.1 Å². The highest BCUT2D eigenvalue weighted by molar-refractivity contribution is 7.80. The summed E-state index contributed by atoms with van der Waals surface area (Å²) in [6.07, 6.45) is 3.50. The minimum Gasteiger partial charge on any atom is -0.493 e. The molecule has 5 nitrogen and oxygen atoms in total. The maximum atomic E-state index is 5.27. The molecule has 0 spiro atoms. The lowest BCUT2D eigenvalue weighted by molar-refractivity contribution is 0.355. The van der Waals surface area contributed by atoms with Crippen LogP contribution in [0.5, 0.6) is 11.5 Å². The number of pyridine rings is 1. The SMILES string of the molecule is COc1ccc(NC(=S)NCc2ccncc2)cc1OC. The molecule has 0 atom stereocenters. The van der Waals surface area contributed by atoms with E-state index in [0.29, 0.717) is 23.2 Å². The quantitative estimate of drug-likeness (QED) is 0.828. The van der Waals surface area contributed by atoms with Gasteiger partial charge in [0.2, 0.25) is 0 Å². The number of nitrogens with one attached hydrogen (secondary N) is 2. The van der Waals surface area contributed by atoms with Gasteiger partial charge in [-0.25, -0.2) is 0 Å². The highest BCUT2D eigenvalue weighted by Crippen LogP contribution is 2.29. The molecular formula is C15H17N3O2S. The average Bonchev–Trinajstić information content (AvgIpc) is 2.53. The summed E-state index contributed by atoms with van der Waals surface area (Å²) in [6.45, 7) is 0.641. The maximum Gasteiger partial charge on any atom is 0.171 e. The Labute approximate surface area is 129 Å². The van der Waals surface area contributed by atoms with Crippen molar-refractivity contribution in [2.45, 2.75) is 6.54 Å². The minimum absolute atomic E-state index is 0.541. The van der Waals surface area contributed by atoms with Gasteiger partial charge in [-0.15, -0.1) is 0 Å². The molecule has 0 aliphatic heterocycles. The van der Waals surface area contributed by atoms with Crippen LogP contribution in [-0.4, -0.2) is 24.3 Å². The number of methoxy groups -OCH3 is 2. The van der Waals surface area contributed by atoms with E-state index in [4.69, 9.17) is 21.7 Å². The van der Waals surface area contributed by atoms with Gasteiger partial charge < -0.3 is 20.1 Å². The number of ether oxygens (including phenoxy) is 2. The minimum atomic E-state index is 0.541. The summed E-state index contributed by atoms with van der Waals surface area (Å²) in [4.78, 5) is 3.97. The second-order valence-corrected chi connectivity index (χ2v) is 4.64. The molecule has 2 N–H and O–H groups in total. The van der Waals surface area contributed by atoms with Gasteiger partial charge >= 0.3 is 0 Å². The van der Waals surface area contributed by atoms with E-state index in [-0.39, 0.29) is 0 Å². The summed E-state index contributed by atoms with van der Waals surface area (Å²) >= 11 is 5.27. The van der Waals surface area contributed by atoms with Crippen molar-refractivity contribution in [2.75, 3.05) is 19.5 Å². The predicted octanol–water partition coefficient (Wildman–Crippen LogP) is 2.59. The molecule has 0 amide bonds. The van der Waals surface area contributed by atoms with Crippen molar-refractivity contribution in [3.05, 3.63) is 48.3 Å². The molecule has 110 valence electrons. The summed E-state index contributed by atoms with van der Waals surface area (Å²) in [6, 6.07) is 9.41. The average molecular weight is 303 g/mol. The third-order valence-corrected chi connectivity index (χ3v) is 3.09. The van der Waals surface area contributed by atoms with Crippen LogP contribution in [0, 0.1) is 0 Å². The number of hydrogen-bond donors (Lipinski definition) is 2. The van der Waals surface area contributed by atoms with E-state index >= 15 is 0 Å². The first-order valence-corrected chi connectivity index (χ1v) is 6.79. The van der Waals surface area contributed by atoms with Crippen LogP contribution in [0.15, 0.2) is 42.7 Å². The molecule has 0 aliphatic rings. The summed E-state index contributed by atoms with van der Waals surface area (Å²) in [5.41, 5.74) is 1.95. The largest absolute Gasteiger partial charge is 0.493 e. The summed E-state index contributed by atoms with van der Waals surface area (Å²) < 4.78 is 10.4. The molecule has 0 radical (unpaired) electrons. The lowest BCUT2D eigenvalue weighted by Gasteiger charge is -2.13. The Balaban J connectivity index is 1.93. The molecule has 0 saturated carbocycles. The number of benzene rings is 1. The normalized spacial score (nSPS) is 9.81. The van der Waals surface area contributed by atoms with Gasteiger partial charge in [0.15, 0.2) is 16.6 Å². The van der Waals surface area contributed by atoms with Crippen LogP contribution in [0.3, 0.4) is 0 Å². The Kier molecular flexibility index (Phi) is 5.34. The number of hydrogen-bond acceptors (Lipinski definition) is 4. The van der Waals surface area contributed by atoms with Gasteiger partial charge in [0.05, 0.1) is 14.2 Å². The van der Waals surface area contributed by atoms with E-state index in [2.05, 4.69) is 15.6 Å². The lowest BCUT2D eigenvalue weighted by atomic mass is 10.2. The van der Waals surface area contributed by atoms with Gasteiger partial charge in [0, 0.05) is 30.7 Å². The number of anilines is 1. The van der Waals surface area contributed by atoms with Crippen molar-refractivity contribution in [3.8, 4) is 11.5 Å². The van der Waals surface area contributed by atoms with Crippen molar-refractivity contribution in [1.82, 2.24) is 10.3 Å². The lowest BCUT2D eigenvalue weighted by Crippen LogP contribution is -2.27. The second-order valence-electron chi connectivity index (χ2n) is 4.23. The van der Waals surface area contributed by atoms with E-state index in [1.807, 2.05) is 30.3 Å². The molecule has 0 aliphatic carbocycles. The Bertz CT molecular complexity index is 605. The van der Waals surface area contributed by atoms with Crippen LogP contribution in [0.1, 0.15) is 5.56 Å². The van der Waals surface area contributed by atoms with E-state index in [1.54, 1.807) is 26.6 Å². The molecule has 0 fully saturated rings. The van der Waals surface area contributed by atoms with Crippen LogP contribution in [-0.2, 0) is 6.54 Å². The fraction of sp³-hybridized carbons (Fsp3) is 0.200. The Morgan fingerprint density at radius 3 is 2.48 bits per heavy atom. The molecule has 21 heavy (non-hydrogen) atoms. The standard InChI is InChI=1S/C15H17N3O2S/c1-19-13-4-3-12(9-14(13)20-2)18-15(21)17-10-11-5-7-16-8-6-11/h3-9H,10H2,1-2H3,(H2,17,18,21). The summed E-state index contributed by atoms with van der Waals surface area (Å²) in [5.74, 6) is 1.33. The van der Waals surface area contributed by atoms with Gasteiger partial charge in [-0.1, -0.05) is 0 Å². The van der Waals surface area contributed by atoms with Gasteiger partial charge in [-0.05, 0) is 42.0 Å². The van der Waals surface area contributed by atoms with Crippen LogP contribution in [0.2, 0.25) is 0 Å². The van der Waals surface area contributed by atoms with Crippen LogP contribution >= 0.6 is 12.2 Å². The molecular weight excluding hydrogens is 286 g/mol. The zero-order valence-electron chi connectivity index (χ0n) is 11.9. The molecule has 0 unspecified atom stereocenters. The van der Waals surface area contributed by atoms with E-state index in [9.17, 15) is 0 Å². The van der Waals surface area contributed by atoms with Crippen molar-refractivity contribution < 1.29 is 9.47 Å². The van der Waals surface area contributed by atoms with Gasteiger partial charge in [0.1, 0.15) is 0 Å². The van der Waals surface area contributed by atoms with Crippen LogP contribution in [0.25, 0.3) is 0 Å². The fourth-order valence-electron chi connectivity index (χ4n) is 1.77. The van der Waals surface area contributed by atoms with E-state index < -0.39 is 0 Å². The topological polar surface area (TPSA) is 55.4 Å². The highest BCUT2D eigenvalue weighted by Gasteiger charge is 2.05. The molecule has 2 rings (SSSR count). The summed E-state index contributed by atoms with van der Waals surface area (Å²) in [5, 5.41) is 6.78. The first-order valence-electron chi connectivity index (χ1n) is 6.38. The first kappa shape index (κ1) is 15.1. The monoisotopic (exact) mass is 303 g/mol. The van der Waals surface area contributed by atoms with Gasteiger partial charge in [-0.2, -0.15) is 0 Å². The number of nitrogens with zero attached hydrogens (tertiary/aromatic N) is 1. The van der Waals surface area contributed by atoms with Crippen molar-refractivity contribution >= 4 is 23.0 Å². The van der Waals surface area contributed by atoms with Crippen molar-refractivity contribution in [1.29, 1.82) is 0 Å². The van der Waals surface area contributed by atoms with Crippen LogP contribution in [0.4, 0.5) is 5.69 Å². The summed E-state index contributed by atoms with van der Waals surface area (Å²) in [7, 11) is 3.20. The van der Waals surface area contributed by atoms with Crippen molar-refractivity contribution in [3.63, 3.8) is 0 Å². The van der Waals surface area contributed by atoms with E-state index in [1.165, 1.54) is 0 Å². The number of rotatable bonds is 5. The highest BCUT2D eigenvalue weighted by atomic mass is 32.1. The molecule has 1 heterocycles. The number of aromatic nitrogens is 1. The fourth-order valence-corrected chi connectivity index (χ4v) is 1.96. The smallest absolute Gasteiger partial charge is 0.171 e. The van der Waals surface area contributed by atoms with Gasteiger partial charge in [0.25, 0.3) is 0 Å². The van der Waals surface area contributed by atoms with Gasteiger partial charge in [-0.3, -0.25) is 4.98 Å². The zero-order chi connectivity index (χ0) is 15.1. The third-order valence-electron chi connectivity index (χ3n) is 2.84. The van der Waals surface area contributed by atoms with E-state index in [0.717, 1.165) is 11.3 Å². The molecule has 2 aromatic rings. The number of thiocarbonyl (C=S) groups is 1.